The summed E-state index contributed by atoms with van der Waals surface area (Å²) in [4.78, 5) is 8.02. The molecule has 0 unspecified atom stereocenters. The van der Waals surface area contributed by atoms with Crippen molar-refractivity contribution in [2.24, 2.45) is 0 Å². The minimum Gasteiger partial charge on any atom is -0.338 e. The average molecular weight is 301 g/mol. The van der Waals surface area contributed by atoms with Crippen molar-refractivity contribution in [1.82, 2.24) is 9.97 Å². The maximum absolute atomic E-state index is 4.65. The van der Waals surface area contributed by atoms with E-state index in [-0.39, 0.29) is 0 Å². The molecule has 0 saturated heterocycles. The molecule has 90 valence electrons. The minimum absolute atomic E-state index is 0.913. The first kappa shape index (κ1) is 11.5. The number of hydrogen-bond acceptors (Lipinski definition) is 1. The average Bonchev–Trinajstić information content (AvgIpc) is 2.74. The first-order chi connectivity index (χ1) is 8.63. The number of halogens is 1. The zero-order chi connectivity index (χ0) is 12.7. The van der Waals surface area contributed by atoms with Gasteiger partial charge in [-0.05, 0) is 47.5 Å². The first-order valence-electron chi connectivity index (χ1n) is 5.86. The molecule has 3 aromatic rings. The van der Waals surface area contributed by atoms with Gasteiger partial charge in [0.25, 0.3) is 0 Å². The topological polar surface area (TPSA) is 28.7 Å². The number of imidazole rings is 1. The van der Waals surface area contributed by atoms with Crippen LogP contribution in [-0.2, 0) is 0 Å². The van der Waals surface area contributed by atoms with Crippen molar-refractivity contribution in [3.05, 3.63) is 52.0 Å². The predicted octanol–water partition coefficient (Wildman–Crippen LogP) is 4.61. The number of rotatable bonds is 1. The Morgan fingerprint density at radius 1 is 1.00 bits per heavy atom. The Morgan fingerprint density at radius 2 is 1.72 bits per heavy atom. The number of hydrogen-bond donors (Lipinski definition) is 1. The highest BCUT2D eigenvalue weighted by atomic mass is 79.9. The third-order valence-corrected chi connectivity index (χ3v) is 3.61. The largest absolute Gasteiger partial charge is 0.338 e. The zero-order valence-corrected chi connectivity index (χ0v) is 11.9. The number of benzene rings is 2. The number of aromatic amines is 1. The van der Waals surface area contributed by atoms with Gasteiger partial charge in [-0.25, -0.2) is 4.98 Å². The molecule has 0 atom stereocenters. The second-order valence-electron chi connectivity index (χ2n) is 4.59. The summed E-state index contributed by atoms with van der Waals surface area (Å²) in [7, 11) is 0. The fourth-order valence-corrected chi connectivity index (χ4v) is 2.72. The van der Waals surface area contributed by atoms with Crippen molar-refractivity contribution < 1.29 is 0 Å². The van der Waals surface area contributed by atoms with E-state index in [0.29, 0.717) is 0 Å². The van der Waals surface area contributed by atoms with E-state index in [1.54, 1.807) is 0 Å². The summed E-state index contributed by atoms with van der Waals surface area (Å²) in [6.07, 6.45) is 0. The summed E-state index contributed by atoms with van der Waals surface area (Å²) in [6.45, 7) is 4.17. The molecule has 18 heavy (non-hydrogen) atoms. The number of nitrogens with zero attached hydrogens (tertiary/aromatic N) is 1. The molecule has 3 rings (SSSR count). The van der Waals surface area contributed by atoms with Crippen LogP contribution in [0.15, 0.2) is 40.9 Å². The van der Waals surface area contributed by atoms with Crippen molar-refractivity contribution in [3.63, 3.8) is 0 Å². The van der Waals surface area contributed by atoms with Gasteiger partial charge in [0.05, 0.1) is 5.52 Å². The summed E-state index contributed by atoms with van der Waals surface area (Å²) >= 11 is 3.56. The molecule has 0 fully saturated rings. The van der Waals surface area contributed by atoms with Crippen LogP contribution in [0, 0.1) is 13.8 Å². The van der Waals surface area contributed by atoms with E-state index in [1.165, 1.54) is 11.1 Å². The van der Waals surface area contributed by atoms with Crippen molar-refractivity contribution in [3.8, 4) is 11.4 Å². The molecule has 0 amide bonds. The first-order valence-corrected chi connectivity index (χ1v) is 6.66. The molecule has 1 heterocycles. The number of aryl methyl sites for hydroxylation is 2. The van der Waals surface area contributed by atoms with E-state index in [2.05, 4.69) is 76.1 Å². The van der Waals surface area contributed by atoms with Crippen LogP contribution in [0.3, 0.4) is 0 Å². The maximum Gasteiger partial charge on any atom is 0.138 e. The SMILES string of the molecule is Cc1ccc(-c2nc3c(Br)cc(C)cc3[nH]2)cc1. The van der Waals surface area contributed by atoms with E-state index < -0.39 is 0 Å². The zero-order valence-electron chi connectivity index (χ0n) is 10.3. The summed E-state index contributed by atoms with van der Waals surface area (Å²) in [6, 6.07) is 12.6. The standard InChI is InChI=1S/C15H13BrN2/c1-9-3-5-11(6-4-9)15-17-13-8-10(2)7-12(16)14(13)18-15/h3-8H,1-2H3,(H,17,18). The fourth-order valence-electron chi connectivity index (χ4n) is 2.06. The number of fused-ring (bicyclic) bond motifs is 1. The Balaban J connectivity index is 2.19. The van der Waals surface area contributed by atoms with Gasteiger partial charge in [-0.3, -0.25) is 0 Å². The Kier molecular flexibility index (Phi) is 2.71. The van der Waals surface area contributed by atoms with Gasteiger partial charge in [-0.1, -0.05) is 29.8 Å². The fraction of sp³-hybridized carbons (Fsp3) is 0.133. The molecule has 0 spiro atoms. The summed E-state index contributed by atoms with van der Waals surface area (Å²) < 4.78 is 1.03. The Bertz CT molecular complexity index is 711. The number of H-pyrrole nitrogens is 1. The van der Waals surface area contributed by atoms with Gasteiger partial charge in [0.1, 0.15) is 11.3 Å². The number of aromatic nitrogens is 2. The lowest BCUT2D eigenvalue weighted by Crippen LogP contribution is -1.80. The lowest BCUT2D eigenvalue weighted by molar-refractivity contribution is 1.33. The highest BCUT2D eigenvalue weighted by molar-refractivity contribution is 9.10. The molecule has 1 aromatic heterocycles. The summed E-state index contributed by atoms with van der Waals surface area (Å²) in [5.74, 6) is 0.913. The van der Waals surface area contributed by atoms with Crippen LogP contribution in [0.1, 0.15) is 11.1 Å². The quantitative estimate of drug-likeness (QED) is 0.698. The molecule has 1 N–H and O–H groups in total. The van der Waals surface area contributed by atoms with Crippen LogP contribution >= 0.6 is 15.9 Å². The molecule has 0 aliphatic rings. The van der Waals surface area contributed by atoms with Crippen LogP contribution in [-0.4, -0.2) is 9.97 Å². The van der Waals surface area contributed by atoms with Gasteiger partial charge in [0.15, 0.2) is 0 Å². The molecular formula is C15H13BrN2. The van der Waals surface area contributed by atoms with Crippen molar-refractivity contribution >= 4 is 27.0 Å². The Hall–Kier alpha value is -1.61. The van der Waals surface area contributed by atoms with Gasteiger partial charge < -0.3 is 4.98 Å². The van der Waals surface area contributed by atoms with Crippen LogP contribution in [0.2, 0.25) is 0 Å². The van der Waals surface area contributed by atoms with Crippen molar-refractivity contribution in [2.75, 3.05) is 0 Å². The molecule has 0 radical (unpaired) electrons. The molecule has 0 aliphatic heterocycles. The summed E-state index contributed by atoms with van der Waals surface area (Å²) in [5, 5.41) is 0. The Labute approximate surface area is 114 Å². The van der Waals surface area contributed by atoms with E-state index in [9.17, 15) is 0 Å². The molecule has 2 nitrogen and oxygen atoms in total. The van der Waals surface area contributed by atoms with Gasteiger partial charge >= 0.3 is 0 Å². The monoisotopic (exact) mass is 300 g/mol. The maximum atomic E-state index is 4.65. The highest BCUT2D eigenvalue weighted by Crippen LogP contribution is 2.27. The lowest BCUT2D eigenvalue weighted by Gasteiger charge is -1.96. The normalized spacial score (nSPS) is 11.1. The third-order valence-electron chi connectivity index (χ3n) is 3.01. The molecule has 0 aliphatic carbocycles. The van der Waals surface area contributed by atoms with Gasteiger partial charge in [-0.15, -0.1) is 0 Å². The summed E-state index contributed by atoms with van der Waals surface area (Å²) in [5.41, 5.74) is 5.63. The van der Waals surface area contributed by atoms with Crippen LogP contribution in [0.25, 0.3) is 22.4 Å². The predicted molar refractivity (Wildman–Crippen MR) is 78.7 cm³/mol. The van der Waals surface area contributed by atoms with E-state index >= 15 is 0 Å². The lowest BCUT2D eigenvalue weighted by atomic mass is 10.1. The third kappa shape index (κ3) is 1.95. The van der Waals surface area contributed by atoms with Gasteiger partial charge in [-0.2, -0.15) is 0 Å². The van der Waals surface area contributed by atoms with E-state index in [1.807, 2.05) is 0 Å². The van der Waals surface area contributed by atoms with Crippen LogP contribution < -0.4 is 0 Å². The number of nitrogens with one attached hydrogen (secondary N) is 1. The Morgan fingerprint density at radius 3 is 2.44 bits per heavy atom. The van der Waals surface area contributed by atoms with E-state index in [4.69, 9.17) is 0 Å². The molecule has 3 heteroatoms. The smallest absolute Gasteiger partial charge is 0.138 e. The van der Waals surface area contributed by atoms with Crippen LogP contribution in [0.5, 0.6) is 0 Å². The molecular weight excluding hydrogens is 288 g/mol. The van der Waals surface area contributed by atoms with Gasteiger partial charge in [0.2, 0.25) is 0 Å². The minimum atomic E-state index is 0.913. The second kappa shape index (κ2) is 4.25. The molecule has 0 saturated carbocycles. The van der Waals surface area contributed by atoms with Gasteiger partial charge in [0, 0.05) is 10.0 Å². The van der Waals surface area contributed by atoms with Crippen LogP contribution in [0.4, 0.5) is 0 Å². The van der Waals surface area contributed by atoms with Crippen molar-refractivity contribution in [2.45, 2.75) is 13.8 Å². The van der Waals surface area contributed by atoms with Crippen molar-refractivity contribution in [1.29, 1.82) is 0 Å². The molecule has 2 aromatic carbocycles. The highest BCUT2D eigenvalue weighted by Gasteiger charge is 2.08. The van der Waals surface area contributed by atoms with E-state index in [0.717, 1.165) is 26.9 Å². The molecule has 0 bridgehead atoms. The second-order valence-corrected chi connectivity index (χ2v) is 5.45.